The number of nitrogens with zero attached hydrogens (tertiary/aromatic N) is 3. The number of aromatic nitrogens is 2. The highest BCUT2D eigenvalue weighted by Crippen LogP contribution is 2.22. The number of hydrogen-bond acceptors (Lipinski definition) is 5. The Morgan fingerprint density at radius 1 is 1.53 bits per heavy atom. The predicted octanol–water partition coefficient (Wildman–Crippen LogP) is -0.0541. The fourth-order valence-corrected chi connectivity index (χ4v) is 3.53. The molecule has 0 aliphatic carbocycles. The Balaban J connectivity index is 1.94. The van der Waals surface area contributed by atoms with Crippen LogP contribution in [-0.2, 0) is 6.54 Å². The minimum Gasteiger partial charge on any atom is -0.394 e. The molecule has 2 aliphatic heterocycles. The van der Waals surface area contributed by atoms with Crippen LogP contribution >= 0.6 is 11.8 Å². The Morgan fingerprint density at radius 2 is 2.37 bits per heavy atom. The molecule has 1 N–H and O–H groups in total. The summed E-state index contributed by atoms with van der Waals surface area (Å²) < 4.78 is 1.56. The lowest BCUT2D eigenvalue weighted by Crippen LogP contribution is -2.41. The lowest BCUT2D eigenvalue weighted by Gasteiger charge is -2.22. The van der Waals surface area contributed by atoms with E-state index in [9.17, 15) is 14.7 Å². The highest BCUT2D eigenvalue weighted by Gasteiger charge is 2.31. The number of fused-ring (bicyclic) bond motifs is 1. The van der Waals surface area contributed by atoms with E-state index in [4.69, 9.17) is 0 Å². The second-order valence-electron chi connectivity index (χ2n) is 4.74. The van der Waals surface area contributed by atoms with Crippen LogP contribution in [0, 0.1) is 0 Å². The number of likely N-dealkylation sites (tertiary alicyclic amines) is 1. The quantitative estimate of drug-likeness (QED) is 0.769. The molecule has 3 rings (SSSR count). The molecule has 3 heterocycles. The van der Waals surface area contributed by atoms with Crippen molar-refractivity contribution in [3.63, 3.8) is 0 Å². The van der Waals surface area contributed by atoms with E-state index in [1.807, 2.05) is 0 Å². The Bertz CT molecular complexity index is 572. The largest absolute Gasteiger partial charge is 0.394 e. The molecule has 1 fully saturated rings. The monoisotopic (exact) mass is 281 g/mol. The molecule has 6 nitrogen and oxygen atoms in total. The molecule has 1 aromatic rings. The normalized spacial score (nSPS) is 21.7. The summed E-state index contributed by atoms with van der Waals surface area (Å²) >= 11 is 1.53. The van der Waals surface area contributed by atoms with Gasteiger partial charge in [-0.2, -0.15) is 0 Å². The number of rotatable bonds is 2. The predicted molar refractivity (Wildman–Crippen MR) is 70.4 cm³/mol. The summed E-state index contributed by atoms with van der Waals surface area (Å²) in [5.74, 6) is 0.518. The van der Waals surface area contributed by atoms with Gasteiger partial charge in [-0.3, -0.25) is 14.2 Å². The number of carbonyl (C=O) groups excluding carboxylic acids is 1. The Morgan fingerprint density at radius 3 is 3.16 bits per heavy atom. The number of carbonyl (C=O) groups is 1. The molecule has 1 aromatic heterocycles. The van der Waals surface area contributed by atoms with Gasteiger partial charge in [0.05, 0.1) is 12.6 Å². The standard InChI is InChI=1S/C12H15N3O3S/c16-7-8-2-1-3-14(8)10(17)9-6-13-12-15(11(9)18)4-5-19-12/h6,8,16H,1-5,7H2. The van der Waals surface area contributed by atoms with Crippen molar-refractivity contribution in [2.75, 3.05) is 18.9 Å². The molecule has 102 valence electrons. The summed E-state index contributed by atoms with van der Waals surface area (Å²) in [6.07, 6.45) is 3.03. The summed E-state index contributed by atoms with van der Waals surface area (Å²) in [6.45, 7) is 1.15. The summed E-state index contributed by atoms with van der Waals surface area (Å²) in [4.78, 5) is 30.4. The Hall–Kier alpha value is -1.34. The van der Waals surface area contributed by atoms with Gasteiger partial charge in [0.1, 0.15) is 5.56 Å². The molecular formula is C12H15N3O3S. The molecule has 1 amide bonds. The first-order valence-corrected chi connectivity index (χ1v) is 7.35. The van der Waals surface area contributed by atoms with Crippen LogP contribution in [0.4, 0.5) is 0 Å². The van der Waals surface area contributed by atoms with Gasteiger partial charge < -0.3 is 10.0 Å². The molecule has 1 saturated heterocycles. The van der Waals surface area contributed by atoms with E-state index >= 15 is 0 Å². The molecule has 0 spiro atoms. The van der Waals surface area contributed by atoms with Crippen LogP contribution in [0.1, 0.15) is 23.2 Å². The maximum absolute atomic E-state index is 12.4. The van der Waals surface area contributed by atoms with Crippen molar-refractivity contribution < 1.29 is 9.90 Å². The van der Waals surface area contributed by atoms with Crippen LogP contribution in [0.5, 0.6) is 0 Å². The van der Waals surface area contributed by atoms with Crippen molar-refractivity contribution in [3.8, 4) is 0 Å². The van der Waals surface area contributed by atoms with E-state index in [0.29, 0.717) is 18.2 Å². The zero-order chi connectivity index (χ0) is 13.4. The van der Waals surface area contributed by atoms with Gasteiger partial charge in [-0.1, -0.05) is 11.8 Å². The van der Waals surface area contributed by atoms with Gasteiger partial charge in [-0.05, 0) is 12.8 Å². The van der Waals surface area contributed by atoms with Gasteiger partial charge >= 0.3 is 0 Å². The van der Waals surface area contributed by atoms with Crippen molar-refractivity contribution >= 4 is 17.7 Å². The van der Waals surface area contributed by atoms with E-state index in [-0.39, 0.29) is 29.7 Å². The Kier molecular flexibility index (Phi) is 3.32. The minimum absolute atomic E-state index is 0.0543. The molecule has 0 bridgehead atoms. The molecule has 1 atom stereocenters. The second kappa shape index (κ2) is 4.97. The average molecular weight is 281 g/mol. The number of amides is 1. The number of thioether (sulfide) groups is 1. The topological polar surface area (TPSA) is 75.4 Å². The maximum Gasteiger partial charge on any atom is 0.267 e. The van der Waals surface area contributed by atoms with Gasteiger partial charge in [0, 0.05) is 25.0 Å². The second-order valence-corrected chi connectivity index (χ2v) is 5.80. The molecule has 0 radical (unpaired) electrons. The summed E-state index contributed by atoms with van der Waals surface area (Å²) in [5, 5.41) is 9.94. The zero-order valence-electron chi connectivity index (χ0n) is 10.4. The molecular weight excluding hydrogens is 266 g/mol. The zero-order valence-corrected chi connectivity index (χ0v) is 11.2. The van der Waals surface area contributed by atoms with Crippen molar-refractivity contribution in [1.82, 2.24) is 14.5 Å². The smallest absolute Gasteiger partial charge is 0.267 e. The molecule has 0 saturated carbocycles. The fraction of sp³-hybridized carbons (Fsp3) is 0.583. The third-order valence-corrected chi connectivity index (χ3v) is 4.61. The molecule has 19 heavy (non-hydrogen) atoms. The minimum atomic E-state index is -0.304. The highest BCUT2D eigenvalue weighted by atomic mass is 32.2. The van der Waals surface area contributed by atoms with Crippen LogP contribution < -0.4 is 5.56 Å². The van der Waals surface area contributed by atoms with Crippen LogP contribution in [0.15, 0.2) is 16.1 Å². The third kappa shape index (κ3) is 2.06. The SMILES string of the molecule is O=C(c1cnc2n(c1=O)CCS2)N1CCCC1CO. The van der Waals surface area contributed by atoms with Gasteiger partial charge in [0.2, 0.25) is 0 Å². The average Bonchev–Trinajstić information content (AvgIpc) is 3.07. The van der Waals surface area contributed by atoms with Crippen molar-refractivity contribution in [2.24, 2.45) is 0 Å². The van der Waals surface area contributed by atoms with Crippen LogP contribution in [0.3, 0.4) is 0 Å². The van der Waals surface area contributed by atoms with E-state index in [2.05, 4.69) is 4.98 Å². The van der Waals surface area contributed by atoms with Crippen molar-refractivity contribution in [1.29, 1.82) is 0 Å². The molecule has 2 aliphatic rings. The summed E-state index contributed by atoms with van der Waals surface area (Å²) in [7, 11) is 0. The van der Waals surface area contributed by atoms with Crippen LogP contribution in [0.25, 0.3) is 0 Å². The molecule has 0 aromatic carbocycles. The third-order valence-electron chi connectivity index (χ3n) is 3.64. The van der Waals surface area contributed by atoms with Gasteiger partial charge in [0.25, 0.3) is 11.5 Å². The first-order chi connectivity index (χ1) is 9.22. The number of aliphatic hydroxyl groups excluding tert-OH is 1. The molecule has 1 unspecified atom stereocenters. The number of hydrogen-bond donors (Lipinski definition) is 1. The molecule has 7 heteroatoms. The van der Waals surface area contributed by atoms with Gasteiger partial charge in [-0.25, -0.2) is 4.98 Å². The first-order valence-electron chi connectivity index (χ1n) is 6.37. The fourth-order valence-electron chi connectivity index (χ4n) is 2.61. The van der Waals surface area contributed by atoms with Crippen LogP contribution in [0.2, 0.25) is 0 Å². The van der Waals surface area contributed by atoms with Gasteiger partial charge in [0.15, 0.2) is 5.16 Å². The maximum atomic E-state index is 12.4. The van der Waals surface area contributed by atoms with E-state index in [0.717, 1.165) is 18.6 Å². The summed E-state index contributed by atoms with van der Waals surface area (Å²) in [6, 6.07) is -0.167. The highest BCUT2D eigenvalue weighted by molar-refractivity contribution is 7.99. The van der Waals surface area contributed by atoms with Crippen molar-refractivity contribution in [3.05, 3.63) is 22.1 Å². The lowest BCUT2D eigenvalue weighted by atomic mass is 10.2. The van der Waals surface area contributed by atoms with Crippen LogP contribution in [-0.4, -0.2) is 50.4 Å². The number of aliphatic hydroxyl groups is 1. The van der Waals surface area contributed by atoms with E-state index in [1.165, 1.54) is 18.0 Å². The van der Waals surface area contributed by atoms with E-state index in [1.54, 1.807) is 9.47 Å². The lowest BCUT2D eigenvalue weighted by molar-refractivity contribution is 0.0674. The van der Waals surface area contributed by atoms with E-state index < -0.39 is 0 Å². The van der Waals surface area contributed by atoms with Crippen molar-refractivity contribution in [2.45, 2.75) is 30.6 Å². The first kappa shape index (κ1) is 12.7. The Labute approximate surface area is 114 Å². The van der Waals surface area contributed by atoms with Gasteiger partial charge in [-0.15, -0.1) is 0 Å². The summed E-state index contributed by atoms with van der Waals surface area (Å²) in [5.41, 5.74) is -0.143.